The molecule has 18 heavy (non-hydrogen) atoms. The molecule has 4 N–H and O–H groups in total. The molecule has 2 aromatic rings. The number of aromatic nitrogens is 2. The van der Waals surface area contributed by atoms with Crippen LogP contribution < -0.4 is 16.6 Å². The van der Waals surface area contributed by atoms with E-state index >= 15 is 0 Å². The highest BCUT2D eigenvalue weighted by atomic mass is 35.5. The van der Waals surface area contributed by atoms with Crippen molar-refractivity contribution in [1.29, 1.82) is 0 Å². The molecule has 0 bridgehead atoms. The van der Waals surface area contributed by atoms with Crippen molar-refractivity contribution in [1.82, 2.24) is 9.97 Å². The van der Waals surface area contributed by atoms with Gasteiger partial charge in [0.1, 0.15) is 5.82 Å². The molecule has 94 valence electrons. The summed E-state index contributed by atoms with van der Waals surface area (Å²) in [6.07, 6.45) is 0. The van der Waals surface area contributed by atoms with Gasteiger partial charge in [0.15, 0.2) is 0 Å². The number of aryl methyl sites for hydroxylation is 1. The number of benzene rings is 1. The molecule has 0 amide bonds. The number of nitrogens with one attached hydrogen (secondary N) is 2. The van der Waals surface area contributed by atoms with Crippen LogP contribution in [0.15, 0.2) is 30.3 Å². The molecule has 1 aromatic heterocycles. The topological polar surface area (TPSA) is 75.9 Å². The lowest BCUT2D eigenvalue weighted by Crippen LogP contribution is -2.12. The molecule has 0 aliphatic heterocycles. The van der Waals surface area contributed by atoms with Crippen LogP contribution in [-0.2, 0) is 6.54 Å². The molecule has 0 aliphatic rings. The molecule has 1 aromatic carbocycles. The van der Waals surface area contributed by atoms with Crippen LogP contribution in [0.5, 0.6) is 0 Å². The Morgan fingerprint density at radius 2 is 2.11 bits per heavy atom. The van der Waals surface area contributed by atoms with E-state index in [9.17, 15) is 0 Å². The first-order chi connectivity index (χ1) is 8.67. The van der Waals surface area contributed by atoms with Gasteiger partial charge in [0.05, 0.1) is 0 Å². The number of nitrogens with two attached hydrogens (primary N) is 1. The average molecular weight is 264 g/mol. The summed E-state index contributed by atoms with van der Waals surface area (Å²) < 4.78 is 0. The van der Waals surface area contributed by atoms with Crippen LogP contribution in [0.2, 0.25) is 5.02 Å². The number of hydrogen-bond donors (Lipinski definition) is 3. The van der Waals surface area contributed by atoms with E-state index in [1.807, 2.05) is 37.3 Å². The number of halogens is 1. The maximum Gasteiger partial charge on any atom is 0.239 e. The third-order valence-corrected chi connectivity index (χ3v) is 2.58. The number of rotatable bonds is 4. The molecule has 5 nitrogen and oxygen atoms in total. The summed E-state index contributed by atoms with van der Waals surface area (Å²) in [4.78, 5) is 8.31. The van der Waals surface area contributed by atoms with E-state index in [0.29, 0.717) is 12.5 Å². The fourth-order valence-electron chi connectivity index (χ4n) is 1.56. The van der Waals surface area contributed by atoms with Gasteiger partial charge >= 0.3 is 0 Å². The quantitative estimate of drug-likeness (QED) is 0.583. The average Bonchev–Trinajstić information content (AvgIpc) is 2.36. The van der Waals surface area contributed by atoms with E-state index < -0.39 is 0 Å². The normalized spacial score (nSPS) is 10.2. The summed E-state index contributed by atoms with van der Waals surface area (Å²) in [6.45, 7) is 2.52. The van der Waals surface area contributed by atoms with Crippen LogP contribution in [-0.4, -0.2) is 9.97 Å². The molecule has 6 heteroatoms. The van der Waals surface area contributed by atoms with Crippen LogP contribution in [0.25, 0.3) is 0 Å². The predicted octanol–water partition coefficient (Wildman–Crippen LogP) is 2.34. The summed E-state index contributed by atoms with van der Waals surface area (Å²) >= 11 is 5.92. The molecule has 0 radical (unpaired) electrons. The molecule has 1 heterocycles. The standard InChI is InChI=1S/C12H14ClN5/c1-8-5-11(17-12(16-8)18-14)15-7-9-3-2-4-10(13)6-9/h2-6H,7,14H2,1H3,(H2,15,16,17,18). The van der Waals surface area contributed by atoms with E-state index in [-0.39, 0.29) is 0 Å². The Morgan fingerprint density at radius 1 is 1.28 bits per heavy atom. The van der Waals surface area contributed by atoms with Gasteiger partial charge in [-0.3, -0.25) is 5.43 Å². The Bertz CT molecular complexity index is 544. The van der Waals surface area contributed by atoms with E-state index in [4.69, 9.17) is 17.4 Å². The lowest BCUT2D eigenvalue weighted by molar-refractivity contribution is 1.04. The smallest absolute Gasteiger partial charge is 0.239 e. The second kappa shape index (κ2) is 5.66. The number of hydrazine groups is 1. The highest BCUT2D eigenvalue weighted by Crippen LogP contribution is 2.13. The minimum atomic E-state index is 0.392. The zero-order valence-electron chi connectivity index (χ0n) is 9.94. The van der Waals surface area contributed by atoms with E-state index in [1.165, 1.54) is 0 Å². The Kier molecular flexibility index (Phi) is 3.96. The lowest BCUT2D eigenvalue weighted by atomic mass is 10.2. The van der Waals surface area contributed by atoms with Crippen LogP contribution in [0, 0.1) is 6.92 Å². The Labute approximate surface area is 110 Å². The fraction of sp³-hybridized carbons (Fsp3) is 0.167. The van der Waals surface area contributed by atoms with Gasteiger partial charge in [-0.15, -0.1) is 0 Å². The molecule has 0 spiro atoms. The van der Waals surface area contributed by atoms with Gasteiger partial charge < -0.3 is 5.32 Å². The van der Waals surface area contributed by atoms with Gasteiger partial charge in [0, 0.05) is 23.3 Å². The van der Waals surface area contributed by atoms with Crippen LogP contribution in [0.4, 0.5) is 11.8 Å². The van der Waals surface area contributed by atoms with Gasteiger partial charge in [0.25, 0.3) is 0 Å². The first-order valence-electron chi connectivity index (χ1n) is 5.48. The van der Waals surface area contributed by atoms with Crippen molar-refractivity contribution < 1.29 is 0 Å². The van der Waals surface area contributed by atoms with Crippen molar-refractivity contribution >= 4 is 23.4 Å². The van der Waals surface area contributed by atoms with Crippen molar-refractivity contribution in [3.05, 3.63) is 46.6 Å². The van der Waals surface area contributed by atoms with Crippen molar-refractivity contribution in [3.8, 4) is 0 Å². The van der Waals surface area contributed by atoms with E-state index in [1.54, 1.807) is 0 Å². The third kappa shape index (κ3) is 3.32. The number of nitrogen functional groups attached to an aromatic ring is 1. The number of nitrogens with zero attached hydrogens (tertiary/aromatic N) is 2. The highest BCUT2D eigenvalue weighted by Gasteiger charge is 2.01. The largest absolute Gasteiger partial charge is 0.366 e. The Hall–Kier alpha value is -1.85. The minimum absolute atomic E-state index is 0.392. The number of hydrogen-bond acceptors (Lipinski definition) is 5. The SMILES string of the molecule is Cc1cc(NCc2cccc(Cl)c2)nc(NN)n1. The van der Waals surface area contributed by atoms with Crippen molar-refractivity contribution in [2.24, 2.45) is 5.84 Å². The van der Waals surface area contributed by atoms with Crippen LogP contribution in [0.3, 0.4) is 0 Å². The Morgan fingerprint density at radius 3 is 2.83 bits per heavy atom. The summed E-state index contributed by atoms with van der Waals surface area (Å²) in [5, 5.41) is 3.92. The third-order valence-electron chi connectivity index (χ3n) is 2.35. The molecule has 0 aliphatic carbocycles. The molecule has 0 atom stereocenters. The summed E-state index contributed by atoms with van der Waals surface area (Å²) in [5.74, 6) is 6.40. The van der Waals surface area contributed by atoms with E-state index in [2.05, 4.69) is 20.7 Å². The maximum atomic E-state index is 5.92. The van der Waals surface area contributed by atoms with Gasteiger partial charge in [-0.25, -0.2) is 10.8 Å². The molecular formula is C12H14ClN5. The highest BCUT2D eigenvalue weighted by molar-refractivity contribution is 6.30. The molecule has 2 rings (SSSR count). The summed E-state index contributed by atoms with van der Waals surface area (Å²) in [6, 6.07) is 9.51. The zero-order chi connectivity index (χ0) is 13.0. The van der Waals surface area contributed by atoms with Crippen molar-refractivity contribution in [2.75, 3.05) is 10.7 Å². The van der Waals surface area contributed by atoms with Crippen molar-refractivity contribution in [3.63, 3.8) is 0 Å². The van der Waals surface area contributed by atoms with Gasteiger partial charge in [0.2, 0.25) is 5.95 Å². The van der Waals surface area contributed by atoms with Crippen molar-refractivity contribution in [2.45, 2.75) is 13.5 Å². The number of anilines is 2. The molecule has 0 saturated carbocycles. The van der Waals surface area contributed by atoms with Crippen LogP contribution >= 0.6 is 11.6 Å². The van der Waals surface area contributed by atoms with E-state index in [0.717, 1.165) is 22.1 Å². The second-order valence-electron chi connectivity index (χ2n) is 3.85. The van der Waals surface area contributed by atoms with Crippen LogP contribution in [0.1, 0.15) is 11.3 Å². The molecule has 0 fully saturated rings. The first-order valence-corrected chi connectivity index (χ1v) is 5.86. The maximum absolute atomic E-state index is 5.92. The first kappa shape index (κ1) is 12.6. The monoisotopic (exact) mass is 263 g/mol. The predicted molar refractivity (Wildman–Crippen MR) is 73.4 cm³/mol. The minimum Gasteiger partial charge on any atom is -0.366 e. The molecule has 0 saturated heterocycles. The lowest BCUT2D eigenvalue weighted by Gasteiger charge is -2.08. The Balaban J connectivity index is 2.08. The summed E-state index contributed by atoms with van der Waals surface area (Å²) in [5.41, 5.74) is 4.36. The van der Waals surface area contributed by atoms with Gasteiger partial charge in [-0.2, -0.15) is 4.98 Å². The van der Waals surface area contributed by atoms with Gasteiger partial charge in [-0.05, 0) is 24.6 Å². The summed E-state index contributed by atoms with van der Waals surface area (Å²) in [7, 11) is 0. The molecular weight excluding hydrogens is 250 g/mol. The molecule has 0 unspecified atom stereocenters. The zero-order valence-corrected chi connectivity index (χ0v) is 10.7. The second-order valence-corrected chi connectivity index (χ2v) is 4.28. The fourth-order valence-corrected chi connectivity index (χ4v) is 1.78. The van der Waals surface area contributed by atoms with Gasteiger partial charge in [-0.1, -0.05) is 23.7 Å².